The van der Waals surface area contributed by atoms with Crippen molar-refractivity contribution in [3.8, 4) is 33.4 Å². The first-order valence-corrected chi connectivity index (χ1v) is 14.4. The lowest BCUT2D eigenvalue weighted by molar-refractivity contribution is 0.669. The standard InChI is InChI=1S/C42H26O/c1-2-13-27(14-3-1)37-26-29(25-28-15-4-5-16-30(28)37)40-31-17-6-8-19-33(31)41(34-20-9-7-18-32(34)40)36-22-12-24-39-42(36)35-21-10-11-23-38(35)43-39/h1-26H/i1D,2D,3D,13D,14D. The van der Waals surface area contributed by atoms with Gasteiger partial charge in [0.25, 0.3) is 0 Å². The third kappa shape index (κ3) is 3.65. The summed E-state index contributed by atoms with van der Waals surface area (Å²) in [6.45, 7) is 0. The molecule has 1 heterocycles. The van der Waals surface area contributed by atoms with Crippen LogP contribution >= 0.6 is 0 Å². The maximum absolute atomic E-state index is 8.84. The lowest BCUT2D eigenvalue weighted by atomic mass is 9.83. The fourth-order valence-electron chi connectivity index (χ4n) is 6.76. The molecule has 1 nitrogen and oxygen atoms in total. The molecule has 1 aromatic heterocycles. The van der Waals surface area contributed by atoms with Crippen LogP contribution < -0.4 is 0 Å². The van der Waals surface area contributed by atoms with Crippen LogP contribution in [0.2, 0.25) is 0 Å². The molecule has 0 radical (unpaired) electrons. The molecule has 0 atom stereocenters. The van der Waals surface area contributed by atoms with E-state index in [2.05, 4.69) is 66.7 Å². The molecule has 0 aliphatic rings. The van der Waals surface area contributed by atoms with E-state index < -0.39 is 6.04 Å². The number of fused-ring (bicyclic) bond motifs is 6. The van der Waals surface area contributed by atoms with Gasteiger partial charge in [-0.15, -0.1) is 0 Å². The largest absolute Gasteiger partial charge is 0.456 e. The molecule has 0 aliphatic heterocycles. The Morgan fingerprint density at radius 3 is 1.72 bits per heavy atom. The Morgan fingerprint density at radius 2 is 1.00 bits per heavy atom. The van der Waals surface area contributed by atoms with Crippen LogP contribution in [-0.4, -0.2) is 0 Å². The summed E-state index contributed by atoms with van der Waals surface area (Å²) in [6, 6.07) is 41.7. The van der Waals surface area contributed by atoms with Crippen LogP contribution in [0.5, 0.6) is 0 Å². The summed E-state index contributed by atoms with van der Waals surface area (Å²) in [6.07, 6.45) is 0. The Kier molecular flexibility index (Phi) is 4.27. The van der Waals surface area contributed by atoms with Crippen molar-refractivity contribution in [1.29, 1.82) is 0 Å². The van der Waals surface area contributed by atoms with Crippen LogP contribution in [0.25, 0.3) is 87.6 Å². The van der Waals surface area contributed by atoms with Crippen LogP contribution in [0.15, 0.2) is 162 Å². The van der Waals surface area contributed by atoms with Gasteiger partial charge in [0, 0.05) is 10.8 Å². The summed E-state index contributed by atoms with van der Waals surface area (Å²) in [5.74, 6) is 0. The molecule has 9 aromatic rings. The van der Waals surface area contributed by atoms with Crippen LogP contribution in [0.4, 0.5) is 0 Å². The molecule has 8 aromatic carbocycles. The molecule has 43 heavy (non-hydrogen) atoms. The van der Waals surface area contributed by atoms with Gasteiger partial charge in [-0.25, -0.2) is 0 Å². The van der Waals surface area contributed by atoms with E-state index in [1.165, 1.54) is 0 Å². The van der Waals surface area contributed by atoms with Gasteiger partial charge in [0.15, 0.2) is 0 Å². The van der Waals surface area contributed by atoms with Crippen molar-refractivity contribution in [3.05, 3.63) is 158 Å². The zero-order chi connectivity index (χ0) is 32.7. The molecule has 0 aliphatic carbocycles. The Balaban J connectivity index is 1.42. The van der Waals surface area contributed by atoms with E-state index in [-0.39, 0.29) is 29.7 Å². The molecular formula is C42H26O. The average Bonchev–Trinajstić information content (AvgIpc) is 3.51. The maximum atomic E-state index is 8.84. The molecular weight excluding hydrogens is 520 g/mol. The number of hydrogen-bond donors (Lipinski definition) is 0. The van der Waals surface area contributed by atoms with E-state index >= 15 is 0 Å². The number of hydrogen-bond acceptors (Lipinski definition) is 1. The van der Waals surface area contributed by atoms with E-state index in [0.717, 1.165) is 76.5 Å². The van der Waals surface area contributed by atoms with E-state index in [0.29, 0.717) is 5.56 Å². The topological polar surface area (TPSA) is 13.1 Å². The van der Waals surface area contributed by atoms with Gasteiger partial charge in [-0.1, -0.05) is 133 Å². The molecule has 0 amide bonds. The van der Waals surface area contributed by atoms with Crippen molar-refractivity contribution in [3.63, 3.8) is 0 Å². The zero-order valence-electron chi connectivity index (χ0n) is 28.0. The summed E-state index contributed by atoms with van der Waals surface area (Å²) in [5.41, 5.74) is 6.62. The van der Waals surface area contributed by atoms with Crippen LogP contribution in [0.1, 0.15) is 6.85 Å². The zero-order valence-corrected chi connectivity index (χ0v) is 23.0. The lowest BCUT2D eigenvalue weighted by Crippen LogP contribution is -1.92. The molecule has 9 rings (SSSR count). The van der Waals surface area contributed by atoms with E-state index in [9.17, 15) is 0 Å². The van der Waals surface area contributed by atoms with Crippen molar-refractivity contribution >= 4 is 54.3 Å². The van der Waals surface area contributed by atoms with Gasteiger partial charge in [0.2, 0.25) is 0 Å². The second-order valence-corrected chi connectivity index (χ2v) is 10.9. The number of para-hydroxylation sites is 1. The Labute approximate surface area is 256 Å². The van der Waals surface area contributed by atoms with Crippen molar-refractivity contribution in [2.24, 2.45) is 0 Å². The minimum atomic E-state index is -0.401. The third-order valence-electron chi connectivity index (χ3n) is 8.52. The van der Waals surface area contributed by atoms with Gasteiger partial charge in [-0.3, -0.25) is 0 Å². The SMILES string of the molecule is [2H]c1c([2H])c([2H])c(-c2cc(-c3c4ccccc4c(-c4cccc5oc6ccccc6c45)c4ccccc34)cc3ccccc23)c([2H])c1[2H]. The summed E-state index contributed by atoms with van der Waals surface area (Å²) in [4.78, 5) is 0. The van der Waals surface area contributed by atoms with Gasteiger partial charge < -0.3 is 4.42 Å². The minimum Gasteiger partial charge on any atom is -0.456 e. The fraction of sp³-hybridized carbons (Fsp3) is 0. The normalized spacial score (nSPS) is 13.3. The van der Waals surface area contributed by atoms with Gasteiger partial charge >= 0.3 is 0 Å². The molecule has 0 saturated carbocycles. The summed E-state index contributed by atoms with van der Waals surface area (Å²) in [7, 11) is 0. The van der Waals surface area contributed by atoms with Gasteiger partial charge in [0.1, 0.15) is 11.2 Å². The van der Waals surface area contributed by atoms with E-state index in [1.807, 2.05) is 60.7 Å². The predicted molar refractivity (Wildman–Crippen MR) is 183 cm³/mol. The Hall–Kier alpha value is -5.66. The minimum absolute atomic E-state index is 0.197. The summed E-state index contributed by atoms with van der Waals surface area (Å²) >= 11 is 0. The number of benzene rings is 8. The predicted octanol–water partition coefficient (Wildman–Crippen LogP) is 12.0. The third-order valence-corrected chi connectivity index (χ3v) is 8.52. The molecule has 0 N–H and O–H groups in total. The van der Waals surface area contributed by atoms with Crippen molar-refractivity contribution in [1.82, 2.24) is 0 Å². The highest BCUT2D eigenvalue weighted by atomic mass is 16.3. The van der Waals surface area contributed by atoms with Crippen LogP contribution in [0, 0.1) is 0 Å². The Morgan fingerprint density at radius 1 is 0.419 bits per heavy atom. The summed E-state index contributed by atoms with van der Waals surface area (Å²) in [5, 5.41) is 8.16. The average molecular weight is 552 g/mol. The fourth-order valence-corrected chi connectivity index (χ4v) is 6.76. The van der Waals surface area contributed by atoms with Crippen molar-refractivity contribution < 1.29 is 11.3 Å². The van der Waals surface area contributed by atoms with Gasteiger partial charge in [-0.2, -0.15) is 0 Å². The Bertz CT molecular complexity index is 2710. The second kappa shape index (κ2) is 9.44. The number of furan rings is 1. The molecule has 200 valence electrons. The van der Waals surface area contributed by atoms with Crippen molar-refractivity contribution in [2.75, 3.05) is 0 Å². The highest BCUT2D eigenvalue weighted by Gasteiger charge is 2.20. The second-order valence-electron chi connectivity index (χ2n) is 10.9. The molecule has 0 unspecified atom stereocenters. The molecule has 1 heteroatoms. The molecule has 0 saturated heterocycles. The highest BCUT2D eigenvalue weighted by molar-refractivity contribution is 6.26. The maximum Gasteiger partial charge on any atom is 0.136 e. The first-order chi connectivity index (χ1) is 23.4. The molecule has 0 spiro atoms. The van der Waals surface area contributed by atoms with Gasteiger partial charge in [-0.05, 0) is 90.0 Å². The smallest absolute Gasteiger partial charge is 0.136 e. The quantitative estimate of drug-likeness (QED) is 0.199. The first kappa shape index (κ1) is 19.5. The van der Waals surface area contributed by atoms with Gasteiger partial charge in [0.05, 0.1) is 6.85 Å². The van der Waals surface area contributed by atoms with Crippen LogP contribution in [0.3, 0.4) is 0 Å². The van der Waals surface area contributed by atoms with Crippen LogP contribution in [-0.2, 0) is 0 Å². The first-order valence-electron chi connectivity index (χ1n) is 16.9. The molecule has 0 bridgehead atoms. The summed E-state index contributed by atoms with van der Waals surface area (Å²) < 4.78 is 49.0. The lowest BCUT2D eigenvalue weighted by Gasteiger charge is -2.19. The number of rotatable bonds is 3. The van der Waals surface area contributed by atoms with Crippen molar-refractivity contribution in [2.45, 2.75) is 0 Å². The van der Waals surface area contributed by atoms with E-state index in [1.54, 1.807) is 0 Å². The van der Waals surface area contributed by atoms with E-state index in [4.69, 9.17) is 11.3 Å². The highest BCUT2D eigenvalue weighted by Crippen LogP contribution is 2.47. The monoisotopic (exact) mass is 551 g/mol. The molecule has 0 fully saturated rings.